The quantitative estimate of drug-likeness (QED) is 0.829. The van der Waals surface area contributed by atoms with Crippen molar-refractivity contribution < 1.29 is 19.0 Å². The molecule has 1 aliphatic heterocycles. The first kappa shape index (κ1) is 20.6. The van der Waals surface area contributed by atoms with Crippen LogP contribution in [0.3, 0.4) is 0 Å². The van der Waals surface area contributed by atoms with E-state index in [9.17, 15) is 14.3 Å². The summed E-state index contributed by atoms with van der Waals surface area (Å²) in [5.74, 6) is -0.0969. The average molecular weight is 406 g/mol. The lowest BCUT2D eigenvalue weighted by atomic mass is 9.81. The van der Waals surface area contributed by atoms with Crippen molar-refractivity contribution in [3.8, 4) is 5.75 Å². The number of ether oxygens (including phenoxy) is 1. The van der Waals surface area contributed by atoms with Gasteiger partial charge in [0, 0.05) is 24.1 Å². The Hall–Kier alpha value is -2.11. The molecule has 0 bridgehead atoms. The number of carbonyl (C=O) groups excluding carboxylic acids is 1. The molecular formula is C22H25ClFNO3. The van der Waals surface area contributed by atoms with Crippen molar-refractivity contribution >= 4 is 17.5 Å². The zero-order valence-corrected chi connectivity index (χ0v) is 17.0. The molecule has 1 fully saturated rings. The molecule has 0 aromatic heterocycles. The predicted molar refractivity (Wildman–Crippen MR) is 107 cm³/mol. The second-order valence-electron chi connectivity index (χ2n) is 8.07. The first-order chi connectivity index (χ1) is 13.1. The van der Waals surface area contributed by atoms with Crippen LogP contribution in [-0.2, 0) is 10.2 Å². The number of piperidine rings is 1. The zero-order chi connectivity index (χ0) is 20.5. The van der Waals surface area contributed by atoms with Crippen molar-refractivity contribution in [1.82, 2.24) is 4.90 Å². The molecular weight excluding hydrogens is 381 g/mol. The lowest BCUT2D eigenvalue weighted by molar-refractivity contribution is -0.150. The van der Waals surface area contributed by atoms with Crippen molar-refractivity contribution in [3.05, 3.63) is 64.9 Å². The Kier molecular flexibility index (Phi) is 5.69. The minimum Gasteiger partial charge on any atom is -0.487 e. The Morgan fingerprint density at radius 1 is 1.29 bits per heavy atom. The van der Waals surface area contributed by atoms with Gasteiger partial charge in [-0.1, -0.05) is 29.8 Å². The summed E-state index contributed by atoms with van der Waals surface area (Å²) in [6, 6.07) is 13.1. The lowest BCUT2D eigenvalue weighted by Gasteiger charge is -2.44. The van der Waals surface area contributed by atoms with Gasteiger partial charge in [0.05, 0.1) is 12.0 Å². The van der Waals surface area contributed by atoms with Crippen LogP contribution in [0.5, 0.6) is 5.75 Å². The van der Waals surface area contributed by atoms with Crippen molar-refractivity contribution in [2.45, 2.75) is 44.3 Å². The molecule has 6 heteroatoms. The maximum atomic E-state index is 13.4. The summed E-state index contributed by atoms with van der Waals surface area (Å²) in [6.45, 7) is 5.96. The molecule has 0 aliphatic carbocycles. The number of rotatable bonds is 4. The fourth-order valence-electron chi connectivity index (χ4n) is 3.60. The molecule has 1 saturated heterocycles. The molecule has 28 heavy (non-hydrogen) atoms. The van der Waals surface area contributed by atoms with Gasteiger partial charge in [0.2, 0.25) is 5.91 Å². The molecule has 4 nitrogen and oxygen atoms in total. The average Bonchev–Trinajstić information content (AvgIpc) is 2.63. The number of hydrogen-bond acceptors (Lipinski definition) is 3. The van der Waals surface area contributed by atoms with Crippen LogP contribution in [0.4, 0.5) is 4.39 Å². The summed E-state index contributed by atoms with van der Waals surface area (Å²) < 4.78 is 19.2. The van der Waals surface area contributed by atoms with Gasteiger partial charge in [0.15, 0.2) is 0 Å². The Morgan fingerprint density at radius 2 is 1.96 bits per heavy atom. The van der Waals surface area contributed by atoms with Gasteiger partial charge >= 0.3 is 0 Å². The van der Waals surface area contributed by atoms with Crippen molar-refractivity contribution in [2.75, 3.05) is 13.1 Å². The van der Waals surface area contributed by atoms with Crippen LogP contribution >= 0.6 is 11.6 Å². The minimum atomic E-state index is -1.25. The number of carbonyl (C=O) groups is 1. The predicted octanol–water partition coefficient (Wildman–Crippen LogP) is 4.19. The molecule has 3 rings (SSSR count). The third-order valence-corrected chi connectivity index (χ3v) is 5.58. The Labute approximate surface area is 169 Å². The SMILES string of the molecule is CC(C)(C(=O)N1CC[C@H](Oc2cccc(F)c2)[C@@](C)(O)C1)c1ccc(Cl)cc1. The van der Waals surface area contributed by atoms with E-state index in [0.29, 0.717) is 23.7 Å². The Bertz CT molecular complexity index is 851. The van der Waals surface area contributed by atoms with E-state index in [-0.39, 0.29) is 12.5 Å². The number of hydrogen-bond donors (Lipinski definition) is 1. The van der Waals surface area contributed by atoms with Gasteiger partial charge in [-0.15, -0.1) is 0 Å². The number of nitrogens with zero attached hydrogens (tertiary/aromatic N) is 1. The molecule has 2 aromatic carbocycles. The molecule has 0 saturated carbocycles. The van der Waals surface area contributed by atoms with Gasteiger partial charge in [-0.2, -0.15) is 0 Å². The van der Waals surface area contributed by atoms with E-state index in [4.69, 9.17) is 16.3 Å². The lowest BCUT2D eigenvalue weighted by Crippen LogP contribution is -2.60. The number of benzene rings is 2. The van der Waals surface area contributed by atoms with E-state index in [1.807, 2.05) is 26.0 Å². The molecule has 1 aliphatic rings. The molecule has 2 aromatic rings. The maximum absolute atomic E-state index is 13.4. The molecule has 1 N–H and O–H groups in total. The van der Waals surface area contributed by atoms with Crippen LogP contribution in [0, 0.1) is 5.82 Å². The van der Waals surface area contributed by atoms with Crippen LogP contribution < -0.4 is 4.74 Å². The summed E-state index contributed by atoms with van der Waals surface area (Å²) in [6.07, 6.45) is -0.0802. The van der Waals surface area contributed by atoms with Gasteiger partial charge in [-0.3, -0.25) is 4.79 Å². The minimum absolute atomic E-state index is 0.0701. The highest BCUT2D eigenvalue weighted by molar-refractivity contribution is 6.30. The number of amides is 1. The van der Waals surface area contributed by atoms with E-state index in [0.717, 1.165) is 5.56 Å². The van der Waals surface area contributed by atoms with Crippen LogP contribution in [0.25, 0.3) is 0 Å². The molecule has 0 spiro atoms. The molecule has 0 radical (unpaired) electrons. The number of aliphatic hydroxyl groups is 1. The second kappa shape index (κ2) is 7.72. The summed E-state index contributed by atoms with van der Waals surface area (Å²) in [5, 5.41) is 11.5. The molecule has 150 valence electrons. The summed E-state index contributed by atoms with van der Waals surface area (Å²) in [4.78, 5) is 14.9. The van der Waals surface area contributed by atoms with E-state index in [1.165, 1.54) is 12.1 Å². The molecule has 0 unspecified atom stereocenters. The van der Waals surface area contributed by atoms with Gasteiger partial charge in [0.1, 0.15) is 23.3 Å². The summed E-state index contributed by atoms with van der Waals surface area (Å²) >= 11 is 5.95. The highest BCUT2D eigenvalue weighted by atomic mass is 35.5. The third kappa shape index (κ3) is 4.31. The van der Waals surface area contributed by atoms with Gasteiger partial charge in [0.25, 0.3) is 0 Å². The number of β-amino-alcohol motifs (C(OH)–C–C–N with tert-alkyl or cyclic N) is 1. The van der Waals surface area contributed by atoms with Crippen LogP contribution in [0.1, 0.15) is 32.8 Å². The number of halogens is 2. The standard InChI is InChI=1S/C22H25ClFNO3/c1-21(2,15-7-9-16(23)10-8-15)20(26)25-12-11-19(22(3,27)14-25)28-18-6-4-5-17(24)13-18/h4-10,13,19,27H,11-12,14H2,1-3H3/t19-,22-/m0/s1. The van der Waals surface area contributed by atoms with Gasteiger partial charge < -0.3 is 14.7 Å². The summed E-state index contributed by atoms with van der Waals surface area (Å²) in [5.41, 5.74) is -1.15. The Morgan fingerprint density at radius 3 is 2.57 bits per heavy atom. The van der Waals surface area contributed by atoms with Gasteiger partial charge in [-0.25, -0.2) is 4.39 Å². The molecule has 1 heterocycles. The molecule has 2 atom stereocenters. The highest BCUT2D eigenvalue weighted by Gasteiger charge is 2.44. The van der Waals surface area contributed by atoms with Crippen LogP contribution in [0.2, 0.25) is 5.02 Å². The fraction of sp³-hybridized carbons (Fsp3) is 0.409. The van der Waals surface area contributed by atoms with Crippen molar-refractivity contribution in [3.63, 3.8) is 0 Å². The normalized spacial score (nSPS) is 22.8. The van der Waals surface area contributed by atoms with E-state index < -0.39 is 22.9 Å². The van der Waals surface area contributed by atoms with E-state index in [1.54, 1.807) is 36.1 Å². The highest BCUT2D eigenvalue weighted by Crippen LogP contribution is 2.32. The van der Waals surface area contributed by atoms with Crippen molar-refractivity contribution in [2.24, 2.45) is 0 Å². The topological polar surface area (TPSA) is 49.8 Å². The monoisotopic (exact) mass is 405 g/mol. The van der Waals surface area contributed by atoms with Crippen molar-refractivity contribution in [1.29, 1.82) is 0 Å². The van der Waals surface area contributed by atoms with E-state index in [2.05, 4.69) is 0 Å². The Balaban J connectivity index is 1.72. The fourth-order valence-corrected chi connectivity index (χ4v) is 3.73. The zero-order valence-electron chi connectivity index (χ0n) is 16.3. The van der Waals surface area contributed by atoms with Crippen LogP contribution in [0.15, 0.2) is 48.5 Å². The van der Waals surface area contributed by atoms with Crippen LogP contribution in [-0.4, -0.2) is 40.7 Å². The second-order valence-corrected chi connectivity index (χ2v) is 8.50. The number of likely N-dealkylation sites (tertiary alicyclic amines) is 1. The van der Waals surface area contributed by atoms with E-state index >= 15 is 0 Å². The first-order valence-corrected chi connectivity index (χ1v) is 9.67. The van der Waals surface area contributed by atoms with Gasteiger partial charge in [-0.05, 0) is 50.6 Å². The maximum Gasteiger partial charge on any atom is 0.232 e. The smallest absolute Gasteiger partial charge is 0.232 e. The first-order valence-electron chi connectivity index (χ1n) is 9.29. The molecule has 1 amide bonds. The largest absolute Gasteiger partial charge is 0.487 e. The third-order valence-electron chi connectivity index (χ3n) is 5.33. The summed E-state index contributed by atoms with van der Waals surface area (Å²) in [7, 11) is 0.